The van der Waals surface area contributed by atoms with Crippen LogP contribution < -0.4 is 11.1 Å². The van der Waals surface area contributed by atoms with Crippen LogP contribution in [0.2, 0.25) is 0 Å². The molecule has 0 aliphatic heterocycles. The van der Waals surface area contributed by atoms with Crippen molar-refractivity contribution < 1.29 is 4.79 Å². The summed E-state index contributed by atoms with van der Waals surface area (Å²) in [6.07, 6.45) is 2.37. The Kier molecular flexibility index (Phi) is 8.17. The van der Waals surface area contributed by atoms with E-state index in [1.54, 1.807) is 0 Å². The first kappa shape index (κ1) is 16.4. The maximum absolute atomic E-state index is 11.8. The van der Waals surface area contributed by atoms with E-state index in [0.29, 0.717) is 12.3 Å². The Morgan fingerprint density at radius 1 is 1.35 bits per heavy atom. The molecule has 0 aromatic carbocycles. The zero-order valence-electron chi connectivity index (χ0n) is 12.0. The molecule has 3 N–H and O–H groups in total. The smallest absolute Gasteiger partial charge is 0.221 e. The zero-order chi connectivity index (χ0) is 13.4. The molecule has 17 heavy (non-hydrogen) atoms. The summed E-state index contributed by atoms with van der Waals surface area (Å²) in [6.45, 7) is 7.20. The van der Waals surface area contributed by atoms with E-state index < -0.39 is 0 Å². The van der Waals surface area contributed by atoms with Gasteiger partial charge < -0.3 is 16.0 Å². The highest BCUT2D eigenvalue weighted by Gasteiger charge is 2.18. The Morgan fingerprint density at radius 3 is 2.35 bits per heavy atom. The summed E-state index contributed by atoms with van der Waals surface area (Å²) >= 11 is 0. The predicted molar refractivity (Wildman–Crippen MR) is 72.8 cm³/mol. The molecule has 0 aromatic rings. The Bertz CT molecular complexity index is 217. The molecule has 0 aliphatic rings. The van der Waals surface area contributed by atoms with Gasteiger partial charge in [-0.3, -0.25) is 4.79 Å². The van der Waals surface area contributed by atoms with Gasteiger partial charge in [0.05, 0.1) is 0 Å². The van der Waals surface area contributed by atoms with Crippen LogP contribution in [-0.4, -0.2) is 43.5 Å². The number of carbonyl (C=O) groups excluding carboxylic acids is 1. The maximum atomic E-state index is 11.8. The number of carbonyl (C=O) groups is 1. The lowest BCUT2D eigenvalue weighted by Crippen LogP contribution is -2.46. The molecule has 0 heterocycles. The van der Waals surface area contributed by atoms with E-state index in [1.165, 1.54) is 0 Å². The highest BCUT2D eigenvalue weighted by atomic mass is 16.1. The fraction of sp³-hybridized carbons (Fsp3) is 0.923. The largest absolute Gasteiger partial charge is 0.352 e. The first-order valence-corrected chi connectivity index (χ1v) is 6.56. The van der Waals surface area contributed by atoms with E-state index in [-0.39, 0.29) is 18.0 Å². The molecule has 0 saturated carbocycles. The number of hydrogen-bond donors (Lipinski definition) is 2. The van der Waals surface area contributed by atoms with Crippen LogP contribution in [0.25, 0.3) is 0 Å². The van der Waals surface area contributed by atoms with Gasteiger partial charge in [0.25, 0.3) is 0 Å². The Morgan fingerprint density at radius 2 is 1.94 bits per heavy atom. The second-order valence-corrected chi connectivity index (χ2v) is 5.43. The van der Waals surface area contributed by atoms with Gasteiger partial charge in [0, 0.05) is 25.0 Å². The number of nitrogens with zero attached hydrogens (tertiary/aromatic N) is 1. The topological polar surface area (TPSA) is 58.4 Å². The fourth-order valence-corrected chi connectivity index (χ4v) is 1.79. The second kappa shape index (κ2) is 8.48. The van der Waals surface area contributed by atoms with Crippen molar-refractivity contribution in [1.82, 2.24) is 10.2 Å². The maximum Gasteiger partial charge on any atom is 0.221 e. The van der Waals surface area contributed by atoms with Crippen LogP contribution in [0, 0.1) is 5.92 Å². The van der Waals surface area contributed by atoms with Crippen LogP contribution >= 0.6 is 0 Å². The van der Waals surface area contributed by atoms with Gasteiger partial charge in [-0.2, -0.15) is 0 Å². The zero-order valence-corrected chi connectivity index (χ0v) is 12.0. The molecule has 0 rings (SSSR count). The molecule has 0 bridgehead atoms. The van der Waals surface area contributed by atoms with Gasteiger partial charge in [0.15, 0.2) is 0 Å². The number of hydrogen-bond acceptors (Lipinski definition) is 3. The van der Waals surface area contributed by atoms with Gasteiger partial charge in [-0.15, -0.1) is 0 Å². The summed E-state index contributed by atoms with van der Waals surface area (Å²) in [5, 5.41) is 3.08. The van der Waals surface area contributed by atoms with Gasteiger partial charge in [0.1, 0.15) is 0 Å². The average molecular weight is 243 g/mol. The van der Waals surface area contributed by atoms with Crippen LogP contribution in [0.5, 0.6) is 0 Å². The molecule has 4 heteroatoms. The molecule has 0 spiro atoms. The first-order chi connectivity index (χ1) is 7.86. The van der Waals surface area contributed by atoms with Gasteiger partial charge in [-0.05, 0) is 26.4 Å². The Balaban J connectivity index is 4.12. The Labute approximate surface area is 106 Å². The van der Waals surface area contributed by atoms with E-state index in [0.717, 1.165) is 19.4 Å². The van der Waals surface area contributed by atoms with Gasteiger partial charge in [-0.1, -0.05) is 27.2 Å². The monoisotopic (exact) mass is 243 g/mol. The number of likely N-dealkylation sites (N-methyl/N-ethyl adjacent to an activating group) is 1. The van der Waals surface area contributed by atoms with Crippen molar-refractivity contribution in [1.29, 1.82) is 0 Å². The molecule has 2 unspecified atom stereocenters. The molecule has 0 radical (unpaired) electrons. The lowest BCUT2D eigenvalue weighted by Gasteiger charge is -2.26. The molecule has 102 valence electrons. The van der Waals surface area contributed by atoms with Crippen molar-refractivity contribution >= 4 is 5.91 Å². The predicted octanol–water partition coefficient (Wildman–Crippen LogP) is 1.21. The summed E-state index contributed by atoms with van der Waals surface area (Å²) in [5.74, 6) is 0.509. The first-order valence-electron chi connectivity index (χ1n) is 6.56. The van der Waals surface area contributed by atoms with Crippen LogP contribution in [0.15, 0.2) is 0 Å². The van der Waals surface area contributed by atoms with Crippen molar-refractivity contribution in [2.45, 2.75) is 52.1 Å². The molecular formula is C13H29N3O. The number of amides is 1. The number of rotatable bonds is 8. The third-order valence-corrected chi connectivity index (χ3v) is 2.82. The Hall–Kier alpha value is -0.610. The molecule has 4 nitrogen and oxygen atoms in total. The van der Waals surface area contributed by atoms with E-state index in [9.17, 15) is 4.79 Å². The van der Waals surface area contributed by atoms with Crippen LogP contribution in [0.3, 0.4) is 0 Å². The fourth-order valence-electron chi connectivity index (χ4n) is 1.79. The van der Waals surface area contributed by atoms with Crippen LogP contribution in [0.1, 0.15) is 40.0 Å². The standard InChI is InChI=1S/C13H29N3O/c1-6-7-11(14)8-13(17)15-12(10(2)3)9-16(4)5/h10-12H,6-9,14H2,1-5H3,(H,15,17). The van der Waals surface area contributed by atoms with Crippen molar-refractivity contribution in [2.24, 2.45) is 11.7 Å². The summed E-state index contributed by atoms with van der Waals surface area (Å²) in [7, 11) is 4.04. The van der Waals surface area contributed by atoms with Crippen molar-refractivity contribution in [3.8, 4) is 0 Å². The molecule has 0 saturated heterocycles. The SMILES string of the molecule is CCCC(N)CC(=O)NC(CN(C)C)C(C)C. The van der Waals surface area contributed by atoms with E-state index >= 15 is 0 Å². The molecule has 0 fully saturated rings. The molecule has 1 amide bonds. The second-order valence-electron chi connectivity index (χ2n) is 5.43. The van der Waals surface area contributed by atoms with E-state index in [1.807, 2.05) is 14.1 Å². The number of nitrogens with one attached hydrogen (secondary N) is 1. The molecule has 2 atom stereocenters. The highest BCUT2D eigenvalue weighted by Crippen LogP contribution is 2.04. The summed E-state index contributed by atoms with van der Waals surface area (Å²) in [4.78, 5) is 13.9. The lowest BCUT2D eigenvalue weighted by molar-refractivity contribution is -0.122. The normalized spacial score (nSPS) is 15.1. The summed E-state index contributed by atoms with van der Waals surface area (Å²) < 4.78 is 0. The minimum absolute atomic E-state index is 0.00725. The van der Waals surface area contributed by atoms with E-state index in [2.05, 4.69) is 31.0 Å². The summed E-state index contributed by atoms with van der Waals surface area (Å²) in [5.41, 5.74) is 5.87. The van der Waals surface area contributed by atoms with Gasteiger partial charge in [0.2, 0.25) is 5.91 Å². The van der Waals surface area contributed by atoms with Crippen LogP contribution in [0.4, 0.5) is 0 Å². The van der Waals surface area contributed by atoms with Gasteiger partial charge >= 0.3 is 0 Å². The molecular weight excluding hydrogens is 214 g/mol. The van der Waals surface area contributed by atoms with Gasteiger partial charge in [-0.25, -0.2) is 0 Å². The lowest BCUT2D eigenvalue weighted by atomic mass is 10.0. The van der Waals surface area contributed by atoms with Crippen LogP contribution in [-0.2, 0) is 4.79 Å². The molecule has 0 aliphatic carbocycles. The van der Waals surface area contributed by atoms with Crippen molar-refractivity contribution in [3.05, 3.63) is 0 Å². The minimum Gasteiger partial charge on any atom is -0.352 e. The van der Waals surface area contributed by atoms with E-state index in [4.69, 9.17) is 5.73 Å². The minimum atomic E-state index is -0.00725. The average Bonchev–Trinajstić information content (AvgIpc) is 2.15. The quantitative estimate of drug-likeness (QED) is 0.673. The van der Waals surface area contributed by atoms with Crippen molar-refractivity contribution in [2.75, 3.05) is 20.6 Å². The third kappa shape index (κ3) is 8.16. The third-order valence-electron chi connectivity index (χ3n) is 2.82. The number of nitrogens with two attached hydrogens (primary N) is 1. The highest BCUT2D eigenvalue weighted by molar-refractivity contribution is 5.76. The van der Waals surface area contributed by atoms with Crippen molar-refractivity contribution in [3.63, 3.8) is 0 Å². The summed E-state index contributed by atoms with van der Waals surface area (Å²) in [6, 6.07) is 0.193. The molecule has 0 aromatic heterocycles.